The molecule has 1 atom stereocenters. The molecule has 1 aromatic heterocycles. The Morgan fingerprint density at radius 2 is 2.12 bits per heavy atom. The maximum absolute atomic E-state index is 12.0. The number of nitrogens with one attached hydrogen (secondary N) is 1. The van der Waals surface area contributed by atoms with Gasteiger partial charge in [-0.05, 0) is 25.5 Å². The summed E-state index contributed by atoms with van der Waals surface area (Å²) in [5, 5.41) is 14.1. The monoisotopic (exact) mass is 350 g/mol. The Morgan fingerprint density at radius 3 is 2.79 bits per heavy atom. The Hall–Kier alpha value is -2.48. The minimum absolute atomic E-state index is 0.0334. The fraction of sp³-hybridized carbons (Fsp3) is 0.375. The lowest BCUT2D eigenvalue weighted by molar-refractivity contribution is -0.384. The number of benzene rings is 1. The lowest BCUT2D eigenvalue weighted by atomic mass is 10.2. The van der Waals surface area contributed by atoms with Gasteiger partial charge in [-0.2, -0.15) is 0 Å². The third kappa shape index (κ3) is 4.51. The van der Waals surface area contributed by atoms with E-state index in [0.717, 1.165) is 17.5 Å². The van der Waals surface area contributed by atoms with E-state index in [0.29, 0.717) is 10.3 Å². The number of rotatable bonds is 7. The summed E-state index contributed by atoms with van der Waals surface area (Å²) in [7, 11) is 0. The van der Waals surface area contributed by atoms with Gasteiger partial charge in [-0.15, -0.1) is 11.3 Å². The predicted molar refractivity (Wildman–Crippen MR) is 91.3 cm³/mol. The summed E-state index contributed by atoms with van der Waals surface area (Å²) in [5.74, 6) is -0.960. The summed E-state index contributed by atoms with van der Waals surface area (Å²) in [6.07, 6.45) is 1.81. The Morgan fingerprint density at radius 1 is 1.38 bits per heavy atom. The van der Waals surface area contributed by atoms with Crippen molar-refractivity contribution in [1.29, 1.82) is 0 Å². The first-order valence-electron chi connectivity index (χ1n) is 7.55. The number of ether oxygens (including phenoxy) is 1. The molecule has 1 heterocycles. The fourth-order valence-electron chi connectivity index (χ4n) is 2.27. The molecule has 1 amide bonds. The average molecular weight is 350 g/mol. The molecule has 0 aliphatic carbocycles. The molecule has 0 radical (unpaired) electrons. The molecule has 0 bridgehead atoms. The van der Waals surface area contributed by atoms with Gasteiger partial charge in [0.1, 0.15) is 4.88 Å². The molecule has 0 saturated heterocycles. The van der Waals surface area contributed by atoms with Crippen LogP contribution in [0.3, 0.4) is 0 Å². The van der Waals surface area contributed by atoms with E-state index in [1.807, 2.05) is 13.8 Å². The van der Waals surface area contributed by atoms with Gasteiger partial charge in [-0.1, -0.05) is 13.3 Å². The molecule has 128 valence electrons. The van der Waals surface area contributed by atoms with Gasteiger partial charge in [0, 0.05) is 28.3 Å². The van der Waals surface area contributed by atoms with Crippen LogP contribution < -0.4 is 5.32 Å². The Bertz CT molecular complexity index is 771. The molecular formula is C16H18N2O5S. The fourth-order valence-corrected chi connectivity index (χ4v) is 3.21. The molecule has 0 unspecified atom stereocenters. The van der Waals surface area contributed by atoms with Crippen molar-refractivity contribution < 1.29 is 19.2 Å². The molecule has 8 heteroatoms. The summed E-state index contributed by atoms with van der Waals surface area (Å²) < 4.78 is 5.75. The molecule has 0 aliphatic rings. The highest BCUT2D eigenvalue weighted by atomic mass is 32.1. The highest BCUT2D eigenvalue weighted by Crippen LogP contribution is 2.29. The molecule has 0 saturated carbocycles. The van der Waals surface area contributed by atoms with Gasteiger partial charge in [0.25, 0.3) is 11.6 Å². The van der Waals surface area contributed by atoms with Crippen LogP contribution in [-0.4, -0.2) is 29.4 Å². The topological polar surface area (TPSA) is 98.5 Å². The van der Waals surface area contributed by atoms with E-state index in [1.54, 1.807) is 6.07 Å². The van der Waals surface area contributed by atoms with Crippen LogP contribution in [0.25, 0.3) is 10.1 Å². The number of carbonyl (C=O) groups is 2. The van der Waals surface area contributed by atoms with Crippen LogP contribution in [-0.2, 0) is 9.53 Å². The molecule has 1 N–H and O–H groups in total. The summed E-state index contributed by atoms with van der Waals surface area (Å²) in [6.45, 7) is 3.57. The molecule has 1 aromatic carbocycles. The summed E-state index contributed by atoms with van der Waals surface area (Å²) in [5.41, 5.74) is -0.0375. The zero-order valence-electron chi connectivity index (χ0n) is 13.4. The normalized spacial score (nSPS) is 11.9. The van der Waals surface area contributed by atoms with E-state index >= 15 is 0 Å². The minimum Gasteiger partial charge on any atom is -0.451 e. The first kappa shape index (κ1) is 17.9. The minimum atomic E-state index is -0.614. The second-order valence-corrected chi connectivity index (χ2v) is 6.51. The number of thiophene rings is 1. The highest BCUT2D eigenvalue weighted by molar-refractivity contribution is 7.20. The highest BCUT2D eigenvalue weighted by Gasteiger charge is 2.16. The summed E-state index contributed by atoms with van der Waals surface area (Å²) >= 11 is 1.17. The molecule has 0 spiro atoms. The van der Waals surface area contributed by atoms with E-state index in [-0.39, 0.29) is 24.2 Å². The van der Waals surface area contributed by atoms with Gasteiger partial charge in [-0.3, -0.25) is 14.9 Å². The van der Waals surface area contributed by atoms with Crippen molar-refractivity contribution >= 4 is 39.0 Å². The molecule has 0 aliphatic heterocycles. The van der Waals surface area contributed by atoms with E-state index in [4.69, 9.17) is 4.74 Å². The molecular weight excluding hydrogens is 332 g/mol. The first-order valence-corrected chi connectivity index (χ1v) is 8.36. The number of carbonyl (C=O) groups excluding carboxylic acids is 2. The third-order valence-electron chi connectivity index (χ3n) is 3.38. The number of hydrogen-bond donors (Lipinski definition) is 1. The maximum Gasteiger partial charge on any atom is 0.348 e. The zero-order chi connectivity index (χ0) is 17.7. The van der Waals surface area contributed by atoms with Gasteiger partial charge in [0.15, 0.2) is 6.61 Å². The Labute approximate surface area is 142 Å². The number of amides is 1. The van der Waals surface area contributed by atoms with Crippen molar-refractivity contribution in [2.75, 3.05) is 6.61 Å². The number of fused-ring (bicyclic) bond motifs is 1. The molecule has 0 fully saturated rings. The number of non-ortho nitro benzene ring substituents is 1. The third-order valence-corrected chi connectivity index (χ3v) is 4.47. The number of hydrogen-bond acceptors (Lipinski definition) is 6. The number of nitro benzene ring substituents is 1. The quantitative estimate of drug-likeness (QED) is 0.469. The smallest absolute Gasteiger partial charge is 0.348 e. The Kier molecular flexibility index (Phi) is 5.86. The number of esters is 1. The standard InChI is InChI=1S/C16H18N2O5S/c1-3-4-10(2)17-15(19)9-23-16(20)14-8-11-7-12(18(21)22)5-6-13(11)24-14/h5-8,10H,3-4,9H2,1-2H3,(H,17,19)/t10-/m0/s1. The van der Waals surface area contributed by atoms with Crippen LogP contribution in [0.15, 0.2) is 24.3 Å². The molecule has 2 aromatic rings. The van der Waals surface area contributed by atoms with Crippen LogP contribution in [0, 0.1) is 10.1 Å². The van der Waals surface area contributed by atoms with Crippen molar-refractivity contribution in [3.05, 3.63) is 39.3 Å². The lowest BCUT2D eigenvalue weighted by Crippen LogP contribution is -2.35. The van der Waals surface area contributed by atoms with Crippen LogP contribution in [0.5, 0.6) is 0 Å². The van der Waals surface area contributed by atoms with Gasteiger partial charge in [0.05, 0.1) is 4.92 Å². The lowest BCUT2D eigenvalue weighted by Gasteiger charge is -2.12. The van der Waals surface area contributed by atoms with Crippen LogP contribution in [0.4, 0.5) is 5.69 Å². The van der Waals surface area contributed by atoms with Crippen molar-refractivity contribution in [2.45, 2.75) is 32.7 Å². The molecule has 7 nitrogen and oxygen atoms in total. The van der Waals surface area contributed by atoms with Crippen molar-refractivity contribution in [3.63, 3.8) is 0 Å². The maximum atomic E-state index is 12.0. The van der Waals surface area contributed by atoms with E-state index in [1.165, 1.54) is 29.5 Å². The van der Waals surface area contributed by atoms with Crippen molar-refractivity contribution in [1.82, 2.24) is 5.32 Å². The second-order valence-electron chi connectivity index (χ2n) is 5.42. The second kappa shape index (κ2) is 7.87. The molecule has 24 heavy (non-hydrogen) atoms. The van der Waals surface area contributed by atoms with Gasteiger partial charge in [0.2, 0.25) is 0 Å². The first-order chi connectivity index (χ1) is 11.4. The van der Waals surface area contributed by atoms with Gasteiger partial charge >= 0.3 is 5.97 Å². The average Bonchev–Trinajstić information content (AvgIpc) is 2.95. The molecule has 2 rings (SSSR count). The summed E-state index contributed by atoms with van der Waals surface area (Å²) in [4.78, 5) is 34.3. The summed E-state index contributed by atoms with van der Waals surface area (Å²) in [6, 6.07) is 5.95. The van der Waals surface area contributed by atoms with Crippen molar-refractivity contribution in [3.8, 4) is 0 Å². The van der Waals surface area contributed by atoms with E-state index in [2.05, 4.69) is 5.32 Å². The van der Waals surface area contributed by atoms with Crippen LogP contribution in [0.2, 0.25) is 0 Å². The van der Waals surface area contributed by atoms with Gasteiger partial charge in [-0.25, -0.2) is 4.79 Å². The Balaban J connectivity index is 1.98. The van der Waals surface area contributed by atoms with E-state index < -0.39 is 10.9 Å². The zero-order valence-corrected chi connectivity index (χ0v) is 14.2. The van der Waals surface area contributed by atoms with Gasteiger partial charge < -0.3 is 10.1 Å². The van der Waals surface area contributed by atoms with Crippen molar-refractivity contribution in [2.24, 2.45) is 0 Å². The number of nitro groups is 1. The number of nitrogens with zero attached hydrogens (tertiary/aromatic N) is 1. The van der Waals surface area contributed by atoms with Crippen LogP contribution >= 0.6 is 11.3 Å². The SMILES string of the molecule is CCC[C@H](C)NC(=O)COC(=O)c1cc2cc([N+](=O)[O-])ccc2s1. The largest absolute Gasteiger partial charge is 0.451 e. The van der Waals surface area contributed by atoms with E-state index in [9.17, 15) is 19.7 Å². The van der Waals surface area contributed by atoms with Crippen LogP contribution in [0.1, 0.15) is 36.4 Å². The predicted octanol–water partition coefficient (Wildman–Crippen LogP) is 3.27.